The summed E-state index contributed by atoms with van der Waals surface area (Å²) in [5.74, 6) is 1.99. The van der Waals surface area contributed by atoms with E-state index in [1.54, 1.807) is 0 Å². The van der Waals surface area contributed by atoms with Crippen molar-refractivity contribution in [2.45, 2.75) is 12.7 Å². The predicted octanol–water partition coefficient (Wildman–Crippen LogP) is 3.31. The van der Waals surface area contributed by atoms with E-state index in [0.717, 1.165) is 16.8 Å². The molecule has 0 amide bonds. The Balaban J connectivity index is 2.33. The lowest BCUT2D eigenvalue weighted by atomic mass is 9.98. The molecular formula is C12H17BrOS. The molecule has 0 saturated carbocycles. The van der Waals surface area contributed by atoms with Gasteiger partial charge in [-0.2, -0.15) is 11.8 Å². The highest BCUT2D eigenvalue weighted by Crippen LogP contribution is 2.26. The average Bonchev–Trinajstić information content (AvgIpc) is 2.30. The zero-order valence-electron chi connectivity index (χ0n) is 8.95. The van der Waals surface area contributed by atoms with Crippen LogP contribution >= 0.6 is 27.7 Å². The first-order valence-electron chi connectivity index (χ1n) is 4.99. The molecule has 1 nitrogen and oxygen atoms in total. The van der Waals surface area contributed by atoms with E-state index in [4.69, 9.17) is 0 Å². The van der Waals surface area contributed by atoms with Gasteiger partial charge >= 0.3 is 0 Å². The van der Waals surface area contributed by atoms with Crippen LogP contribution in [0.3, 0.4) is 0 Å². The maximum Gasteiger partial charge on any atom is 0.0500 e. The number of thioether (sulfide) groups is 1. The van der Waals surface area contributed by atoms with Crippen LogP contribution in [0.5, 0.6) is 0 Å². The average molecular weight is 289 g/mol. The van der Waals surface area contributed by atoms with E-state index >= 15 is 0 Å². The van der Waals surface area contributed by atoms with E-state index in [2.05, 4.69) is 47.1 Å². The molecule has 0 aliphatic carbocycles. The Labute approximate surface area is 104 Å². The fourth-order valence-electron chi connectivity index (χ4n) is 1.12. The van der Waals surface area contributed by atoms with Crippen molar-refractivity contribution in [1.82, 2.24) is 0 Å². The molecule has 15 heavy (non-hydrogen) atoms. The summed E-state index contributed by atoms with van der Waals surface area (Å²) in [7, 11) is 0. The molecule has 3 heteroatoms. The molecule has 1 aromatic rings. The maximum absolute atomic E-state index is 9.24. The number of hydrogen-bond donors (Lipinski definition) is 1. The smallest absolute Gasteiger partial charge is 0.0500 e. The summed E-state index contributed by atoms with van der Waals surface area (Å²) in [5, 5.41) is 10.1. The Morgan fingerprint density at radius 1 is 1.33 bits per heavy atom. The molecule has 1 N–H and O–H groups in total. The standard InChI is InChI=1S/C12H17BrOS/c1-12(8-13,9-14)10-15-7-11-5-3-2-4-6-11/h2-6,14H,7-10H2,1H3. The van der Waals surface area contributed by atoms with Gasteiger partial charge in [0, 0.05) is 22.3 Å². The summed E-state index contributed by atoms with van der Waals surface area (Å²) in [6.07, 6.45) is 0. The SMILES string of the molecule is CC(CO)(CBr)CSCc1ccccc1. The summed E-state index contributed by atoms with van der Waals surface area (Å²) in [6.45, 7) is 2.33. The number of aliphatic hydroxyl groups excluding tert-OH is 1. The molecule has 0 spiro atoms. The fourth-order valence-corrected chi connectivity index (χ4v) is 2.97. The van der Waals surface area contributed by atoms with Crippen molar-refractivity contribution < 1.29 is 5.11 Å². The Bertz CT molecular complexity index is 272. The molecule has 0 heterocycles. The van der Waals surface area contributed by atoms with Crippen molar-refractivity contribution in [1.29, 1.82) is 0 Å². The van der Waals surface area contributed by atoms with E-state index in [9.17, 15) is 5.11 Å². The van der Waals surface area contributed by atoms with Crippen LogP contribution in [-0.4, -0.2) is 22.8 Å². The molecule has 0 aromatic heterocycles. The predicted molar refractivity (Wildman–Crippen MR) is 71.6 cm³/mol. The molecule has 0 bridgehead atoms. The minimum atomic E-state index is -0.000549. The van der Waals surface area contributed by atoms with Crippen LogP contribution in [-0.2, 0) is 5.75 Å². The van der Waals surface area contributed by atoms with Gasteiger partial charge in [0.15, 0.2) is 0 Å². The maximum atomic E-state index is 9.24. The van der Waals surface area contributed by atoms with Gasteiger partial charge in [0.1, 0.15) is 0 Å². The van der Waals surface area contributed by atoms with Crippen LogP contribution in [0.2, 0.25) is 0 Å². The number of aliphatic hydroxyl groups is 1. The first-order valence-corrected chi connectivity index (χ1v) is 7.26. The lowest BCUT2D eigenvalue weighted by Crippen LogP contribution is -2.26. The molecule has 1 aromatic carbocycles. The van der Waals surface area contributed by atoms with E-state index in [-0.39, 0.29) is 12.0 Å². The van der Waals surface area contributed by atoms with Gasteiger partial charge in [0.05, 0.1) is 6.61 Å². The summed E-state index contributed by atoms with van der Waals surface area (Å²) in [4.78, 5) is 0. The Hall–Kier alpha value is 0.0100. The zero-order valence-corrected chi connectivity index (χ0v) is 11.4. The summed E-state index contributed by atoms with van der Waals surface area (Å²) < 4.78 is 0. The van der Waals surface area contributed by atoms with Gasteiger partial charge in [0.2, 0.25) is 0 Å². The largest absolute Gasteiger partial charge is 0.396 e. The molecule has 1 rings (SSSR count). The van der Waals surface area contributed by atoms with Crippen molar-refractivity contribution >= 4 is 27.7 Å². The van der Waals surface area contributed by atoms with Gasteiger partial charge in [-0.15, -0.1) is 0 Å². The van der Waals surface area contributed by atoms with Gasteiger partial charge in [-0.05, 0) is 5.56 Å². The van der Waals surface area contributed by atoms with E-state index in [1.165, 1.54) is 5.56 Å². The molecule has 0 radical (unpaired) electrons. The molecule has 0 aliphatic heterocycles. The summed E-state index contributed by atoms with van der Waals surface area (Å²) in [6, 6.07) is 10.4. The zero-order chi connectivity index (χ0) is 11.1. The van der Waals surface area contributed by atoms with Crippen molar-refractivity contribution in [2.75, 3.05) is 17.7 Å². The highest BCUT2D eigenvalue weighted by molar-refractivity contribution is 9.09. The number of halogens is 1. The van der Waals surface area contributed by atoms with Crippen LogP contribution in [0.15, 0.2) is 30.3 Å². The highest BCUT2D eigenvalue weighted by atomic mass is 79.9. The third-order valence-electron chi connectivity index (χ3n) is 2.27. The van der Waals surface area contributed by atoms with Crippen molar-refractivity contribution in [3.05, 3.63) is 35.9 Å². The molecule has 0 aliphatic rings. The second kappa shape index (κ2) is 6.56. The van der Waals surface area contributed by atoms with Crippen LogP contribution in [0.4, 0.5) is 0 Å². The van der Waals surface area contributed by atoms with Crippen molar-refractivity contribution in [3.63, 3.8) is 0 Å². The normalized spacial score (nSPS) is 14.9. The second-order valence-electron chi connectivity index (χ2n) is 4.08. The molecule has 0 fully saturated rings. The Morgan fingerprint density at radius 2 is 2.00 bits per heavy atom. The van der Waals surface area contributed by atoms with Gasteiger partial charge in [0.25, 0.3) is 0 Å². The first-order chi connectivity index (χ1) is 7.20. The summed E-state index contributed by atoms with van der Waals surface area (Å²) in [5.41, 5.74) is 1.34. The Kier molecular flexibility index (Phi) is 5.72. The molecule has 1 atom stereocenters. The van der Waals surface area contributed by atoms with Gasteiger partial charge in [-0.1, -0.05) is 53.2 Å². The van der Waals surface area contributed by atoms with Crippen LogP contribution in [0.1, 0.15) is 12.5 Å². The van der Waals surface area contributed by atoms with E-state index < -0.39 is 0 Å². The van der Waals surface area contributed by atoms with Crippen molar-refractivity contribution in [3.8, 4) is 0 Å². The molecule has 0 saturated heterocycles. The lowest BCUT2D eigenvalue weighted by molar-refractivity contribution is 0.185. The minimum Gasteiger partial charge on any atom is -0.396 e. The van der Waals surface area contributed by atoms with Crippen molar-refractivity contribution in [2.24, 2.45) is 5.41 Å². The monoisotopic (exact) mass is 288 g/mol. The molecular weight excluding hydrogens is 272 g/mol. The van der Waals surface area contributed by atoms with E-state index in [1.807, 2.05) is 17.8 Å². The topological polar surface area (TPSA) is 20.2 Å². The van der Waals surface area contributed by atoms with Crippen LogP contribution < -0.4 is 0 Å². The minimum absolute atomic E-state index is 0.000549. The highest BCUT2D eigenvalue weighted by Gasteiger charge is 2.21. The first kappa shape index (κ1) is 13.1. The van der Waals surface area contributed by atoms with Crippen LogP contribution in [0.25, 0.3) is 0 Å². The molecule has 84 valence electrons. The van der Waals surface area contributed by atoms with Crippen LogP contribution in [0, 0.1) is 5.41 Å². The third kappa shape index (κ3) is 4.58. The number of rotatable bonds is 6. The number of alkyl halides is 1. The molecule has 1 unspecified atom stereocenters. The lowest BCUT2D eigenvalue weighted by Gasteiger charge is -2.23. The quantitative estimate of drug-likeness (QED) is 0.811. The van der Waals surface area contributed by atoms with Gasteiger partial charge in [-0.3, -0.25) is 0 Å². The van der Waals surface area contributed by atoms with Gasteiger partial charge in [-0.25, -0.2) is 0 Å². The third-order valence-corrected chi connectivity index (χ3v) is 5.06. The number of hydrogen-bond acceptors (Lipinski definition) is 2. The van der Waals surface area contributed by atoms with E-state index in [0.29, 0.717) is 0 Å². The summed E-state index contributed by atoms with van der Waals surface area (Å²) >= 11 is 5.32. The Morgan fingerprint density at radius 3 is 2.53 bits per heavy atom. The fraction of sp³-hybridized carbons (Fsp3) is 0.500. The number of benzene rings is 1. The second-order valence-corrected chi connectivity index (χ2v) is 5.63. The van der Waals surface area contributed by atoms with Gasteiger partial charge < -0.3 is 5.11 Å².